The van der Waals surface area contributed by atoms with Crippen LogP contribution >= 0.6 is 0 Å². The lowest BCUT2D eigenvalue weighted by atomic mass is 10.1. The van der Waals surface area contributed by atoms with Crippen LogP contribution in [0.1, 0.15) is 12.6 Å². The normalized spacial score (nSPS) is 17.9. The molecule has 0 unspecified atom stereocenters. The number of methoxy groups -OCH3 is 1. The van der Waals surface area contributed by atoms with E-state index in [1.54, 1.807) is 22.9 Å². The number of hydrogen-bond donors (Lipinski definition) is 1. The zero-order valence-electron chi connectivity index (χ0n) is 16.1. The van der Waals surface area contributed by atoms with Gasteiger partial charge in [-0.3, -0.25) is 19.2 Å². The van der Waals surface area contributed by atoms with Gasteiger partial charge in [0.15, 0.2) is 0 Å². The second kappa shape index (κ2) is 7.79. The number of aromatic nitrogens is 2. The largest absolute Gasteiger partial charge is 0.497 e. The smallest absolute Gasteiger partial charge is 0.244 e. The first kappa shape index (κ1) is 18.9. The number of benzene rings is 1. The molecule has 0 spiro atoms. The lowest BCUT2D eigenvalue weighted by Gasteiger charge is -2.38. The van der Waals surface area contributed by atoms with Gasteiger partial charge in [-0.1, -0.05) is 0 Å². The van der Waals surface area contributed by atoms with Crippen LogP contribution in [-0.4, -0.2) is 59.3 Å². The molecule has 1 atom stereocenters. The SMILES string of the molecule is COc1ccc(N2CCN(CC(=O)Nc3cnn(C)c3C)[C@H](C)C2=O)cc1. The van der Waals surface area contributed by atoms with Gasteiger partial charge in [-0.05, 0) is 38.1 Å². The summed E-state index contributed by atoms with van der Waals surface area (Å²) in [6, 6.07) is 7.04. The minimum absolute atomic E-state index is 0.0169. The maximum absolute atomic E-state index is 12.8. The first-order chi connectivity index (χ1) is 12.9. The summed E-state index contributed by atoms with van der Waals surface area (Å²) in [6.45, 7) is 5.05. The Hall–Kier alpha value is -2.87. The molecule has 8 heteroatoms. The van der Waals surface area contributed by atoms with Crippen molar-refractivity contribution in [3.63, 3.8) is 0 Å². The number of piperazine rings is 1. The summed E-state index contributed by atoms with van der Waals surface area (Å²) >= 11 is 0. The van der Waals surface area contributed by atoms with E-state index in [-0.39, 0.29) is 24.4 Å². The topological polar surface area (TPSA) is 79.7 Å². The van der Waals surface area contributed by atoms with Crippen LogP contribution in [0.15, 0.2) is 30.5 Å². The van der Waals surface area contributed by atoms with E-state index in [2.05, 4.69) is 10.4 Å². The van der Waals surface area contributed by atoms with Crippen molar-refractivity contribution in [1.82, 2.24) is 14.7 Å². The molecule has 1 aromatic heterocycles. The predicted octanol–water partition coefficient (Wildman–Crippen LogP) is 1.41. The fraction of sp³-hybridized carbons (Fsp3) is 0.421. The van der Waals surface area contributed by atoms with E-state index < -0.39 is 0 Å². The average Bonchev–Trinajstić information content (AvgIpc) is 2.98. The molecule has 27 heavy (non-hydrogen) atoms. The lowest BCUT2D eigenvalue weighted by molar-refractivity contribution is -0.127. The third-order valence-corrected chi connectivity index (χ3v) is 5.02. The Kier molecular flexibility index (Phi) is 5.46. The molecule has 2 aromatic rings. The summed E-state index contributed by atoms with van der Waals surface area (Å²) in [7, 11) is 3.43. The Bertz CT molecular complexity index is 830. The number of rotatable bonds is 5. The molecule has 1 aliphatic rings. The van der Waals surface area contributed by atoms with Crippen LogP contribution in [0, 0.1) is 6.92 Å². The molecule has 0 bridgehead atoms. The third kappa shape index (κ3) is 3.95. The molecular formula is C19H25N5O3. The van der Waals surface area contributed by atoms with Crippen molar-refractivity contribution in [3.8, 4) is 5.75 Å². The number of amides is 2. The van der Waals surface area contributed by atoms with E-state index >= 15 is 0 Å². The van der Waals surface area contributed by atoms with Gasteiger partial charge in [0.05, 0.1) is 37.3 Å². The minimum atomic E-state index is -0.374. The van der Waals surface area contributed by atoms with Gasteiger partial charge in [0.1, 0.15) is 5.75 Å². The number of nitrogens with zero attached hydrogens (tertiary/aromatic N) is 4. The standard InChI is InChI=1S/C19H25N5O3/c1-13-17(11-20-22(13)3)21-18(25)12-23-9-10-24(19(26)14(23)2)15-5-7-16(27-4)8-6-15/h5-8,11,14H,9-10,12H2,1-4H3,(H,21,25)/t14-/m1/s1. The molecule has 1 fully saturated rings. The first-order valence-electron chi connectivity index (χ1n) is 8.88. The van der Waals surface area contributed by atoms with E-state index in [0.29, 0.717) is 18.8 Å². The van der Waals surface area contributed by atoms with Crippen LogP contribution in [0.25, 0.3) is 0 Å². The summed E-state index contributed by atoms with van der Waals surface area (Å²) in [5.41, 5.74) is 2.41. The second-order valence-electron chi connectivity index (χ2n) is 6.65. The Labute approximate surface area is 158 Å². The van der Waals surface area contributed by atoms with Crippen molar-refractivity contribution < 1.29 is 14.3 Å². The van der Waals surface area contributed by atoms with Gasteiger partial charge in [-0.25, -0.2) is 0 Å². The highest BCUT2D eigenvalue weighted by atomic mass is 16.5. The van der Waals surface area contributed by atoms with Gasteiger partial charge in [-0.15, -0.1) is 0 Å². The van der Waals surface area contributed by atoms with Crippen LogP contribution in [0.4, 0.5) is 11.4 Å². The summed E-state index contributed by atoms with van der Waals surface area (Å²) < 4.78 is 6.87. The Morgan fingerprint density at radius 1 is 1.30 bits per heavy atom. The van der Waals surface area contributed by atoms with Crippen LogP contribution in [0.5, 0.6) is 5.75 Å². The first-order valence-corrected chi connectivity index (χ1v) is 8.88. The molecular weight excluding hydrogens is 346 g/mol. The number of aryl methyl sites for hydroxylation is 1. The number of ether oxygens (including phenoxy) is 1. The Morgan fingerprint density at radius 3 is 2.59 bits per heavy atom. The Morgan fingerprint density at radius 2 is 2.00 bits per heavy atom. The molecule has 2 heterocycles. The molecule has 3 rings (SSSR count). The van der Waals surface area contributed by atoms with Gasteiger partial charge in [0.25, 0.3) is 0 Å². The van der Waals surface area contributed by atoms with Gasteiger partial charge in [0.2, 0.25) is 11.8 Å². The van der Waals surface area contributed by atoms with E-state index in [1.807, 2.05) is 50.1 Å². The van der Waals surface area contributed by atoms with Crippen molar-refractivity contribution in [2.75, 3.05) is 37.0 Å². The van der Waals surface area contributed by atoms with Crippen LogP contribution < -0.4 is 15.0 Å². The zero-order valence-corrected chi connectivity index (χ0v) is 16.1. The van der Waals surface area contributed by atoms with E-state index in [9.17, 15) is 9.59 Å². The molecule has 2 amide bonds. The average molecular weight is 371 g/mol. The van der Waals surface area contributed by atoms with Gasteiger partial charge < -0.3 is 15.0 Å². The summed E-state index contributed by atoms with van der Waals surface area (Å²) in [4.78, 5) is 28.8. The van der Waals surface area contributed by atoms with Crippen molar-refractivity contribution in [2.24, 2.45) is 7.05 Å². The van der Waals surface area contributed by atoms with Crippen molar-refractivity contribution >= 4 is 23.2 Å². The third-order valence-electron chi connectivity index (χ3n) is 5.02. The van der Waals surface area contributed by atoms with Gasteiger partial charge >= 0.3 is 0 Å². The minimum Gasteiger partial charge on any atom is -0.497 e. The zero-order chi connectivity index (χ0) is 19.6. The molecule has 0 aliphatic carbocycles. The molecule has 1 aromatic carbocycles. The highest BCUT2D eigenvalue weighted by molar-refractivity contribution is 5.99. The Balaban J connectivity index is 1.62. The number of anilines is 2. The van der Waals surface area contributed by atoms with Crippen LogP contribution in [0.2, 0.25) is 0 Å². The molecule has 1 aliphatic heterocycles. The molecule has 1 saturated heterocycles. The molecule has 8 nitrogen and oxygen atoms in total. The van der Waals surface area contributed by atoms with Crippen molar-refractivity contribution in [2.45, 2.75) is 19.9 Å². The monoisotopic (exact) mass is 371 g/mol. The van der Waals surface area contributed by atoms with Crippen LogP contribution in [-0.2, 0) is 16.6 Å². The van der Waals surface area contributed by atoms with E-state index in [4.69, 9.17) is 4.74 Å². The maximum atomic E-state index is 12.8. The van der Waals surface area contributed by atoms with Gasteiger partial charge in [-0.2, -0.15) is 5.10 Å². The second-order valence-corrected chi connectivity index (χ2v) is 6.65. The molecule has 144 valence electrons. The fourth-order valence-electron chi connectivity index (χ4n) is 3.14. The summed E-state index contributed by atoms with van der Waals surface area (Å²) in [5, 5.41) is 6.98. The summed E-state index contributed by atoms with van der Waals surface area (Å²) in [5.74, 6) is 0.584. The molecule has 0 saturated carbocycles. The number of carbonyl (C=O) groups is 2. The van der Waals surface area contributed by atoms with Crippen molar-refractivity contribution in [3.05, 3.63) is 36.2 Å². The van der Waals surface area contributed by atoms with E-state index in [1.165, 1.54) is 0 Å². The number of carbonyl (C=O) groups excluding carboxylic acids is 2. The maximum Gasteiger partial charge on any atom is 0.244 e. The van der Waals surface area contributed by atoms with E-state index in [0.717, 1.165) is 17.1 Å². The molecule has 1 N–H and O–H groups in total. The highest BCUT2D eigenvalue weighted by Gasteiger charge is 2.33. The highest BCUT2D eigenvalue weighted by Crippen LogP contribution is 2.23. The summed E-state index contributed by atoms with van der Waals surface area (Å²) in [6.07, 6.45) is 1.63. The molecule has 0 radical (unpaired) electrons. The van der Waals surface area contributed by atoms with Gasteiger partial charge in [0, 0.05) is 25.8 Å². The van der Waals surface area contributed by atoms with Crippen LogP contribution in [0.3, 0.4) is 0 Å². The number of hydrogen-bond acceptors (Lipinski definition) is 5. The quantitative estimate of drug-likeness (QED) is 0.860. The number of nitrogens with one attached hydrogen (secondary N) is 1. The predicted molar refractivity (Wildman–Crippen MR) is 103 cm³/mol. The fourth-order valence-corrected chi connectivity index (χ4v) is 3.14. The van der Waals surface area contributed by atoms with Crippen molar-refractivity contribution in [1.29, 1.82) is 0 Å². The lowest BCUT2D eigenvalue weighted by Crippen LogP contribution is -2.57.